The molecule has 0 spiro atoms. The van der Waals surface area contributed by atoms with Gasteiger partial charge in [-0.1, -0.05) is 40.0 Å². The topological polar surface area (TPSA) is 90.9 Å². The molecular weight excluding hydrogens is 374 g/mol. The molecule has 29 heavy (non-hydrogen) atoms. The smallest absolute Gasteiger partial charge is 0.340 e. The molecule has 0 atom stereocenters. The summed E-state index contributed by atoms with van der Waals surface area (Å²) in [6.45, 7) is 4.94. The van der Waals surface area contributed by atoms with E-state index in [1.165, 1.54) is 20.3 Å². The first kappa shape index (κ1) is 22.7. The van der Waals surface area contributed by atoms with Crippen LogP contribution in [-0.4, -0.2) is 38.5 Å². The Hall–Kier alpha value is -2.57. The van der Waals surface area contributed by atoms with Crippen LogP contribution in [0.15, 0.2) is 12.1 Å². The molecule has 0 radical (unpaired) electrons. The highest BCUT2D eigenvalue weighted by atomic mass is 16.5. The van der Waals surface area contributed by atoms with Gasteiger partial charge in [-0.15, -0.1) is 0 Å². The van der Waals surface area contributed by atoms with Crippen LogP contribution in [0.3, 0.4) is 0 Å². The molecule has 7 nitrogen and oxygen atoms in total. The molecule has 2 rings (SSSR count). The number of hydrogen-bond donors (Lipinski definition) is 1. The summed E-state index contributed by atoms with van der Waals surface area (Å²) in [5, 5.41) is 2.84. The van der Waals surface area contributed by atoms with Crippen molar-refractivity contribution in [2.24, 2.45) is 11.3 Å². The van der Waals surface area contributed by atoms with Gasteiger partial charge in [0.1, 0.15) is 0 Å². The average Bonchev–Trinajstić information content (AvgIpc) is 2.71. The zero-order chi connectivity index (χ0) is 21.6. The second kappa shape index (κ2) is 9.76. The number of amides is 1. The Morgan fingerprint density at radius 2 is 1.59 bits per heavy atom. The van der Waals surface area contributed by atoms with E-state index in [-0.39, 0.29) is 35.5 Å². The van der Waals surface area contributed by atoms with Gasteiger partial charge in [-0.3, -0.25) is 9.59 Å². The monoisotopic (exact) mass is 405 g/mol. The molecular formula is C22H31NO6. The Bertz CT molecular complexity index is 759. The average molecular weight is 405 g/mol. The number of rotatable bonds is 7. The van der Waals surface area contributed by atoms with Crippen LogP contribution in [0.25, 0.3) is 0 Å². The van der Waals surface area contributed by atoms with Gasteiger partial charge in [0.05, 0.1) is 25.5 Å². The van der Waals surface area contributed by atoms with Crippen molar-refractivity contribution in [2.45, 2.75) is 52.9 Å². The minimum atomic E-state index is -0.706. The highest BCUT2D eigenvalue weighted by Gasteiger charge is 2.27. The molecule has 0 aromatic heterocycles. The quantitative estimate of drug-likeness (QED) is 0.690. The van der Waals surface area contributed by atoms with Crippen molar-refractivity contribution >= 4 is 23.3 Å². The molecule has 0 bridgehead atoms. The van der Waals surface area contributed by atoms with Gasteiger partial charge in [0.25, 0.3) is 0 Å². The predicted octanol–water partition coefficient (Wildman–Crippen LogP) is 3.99. The first-order chi connectivity index (χ1) is 13.7. The SMILES string of the molecule is COc1cc(NC(=O)C2CCCCC2)c(C(=O)OCC(=O)C(C)(C)C)cc1OC. The minimum absolute atomic E-state index is 0.0804. The molecule has 0 saturated heterocycles. The summed E-state index contributed by atoms with van der Waals surface area (Å²) in [6, 6.07) is 3.00. The van der Waals surface area contributed by atoms with Crippen LogP contribution in [0.2, 0.25) is 0 Å². The van der Waals surface area contributed by atoms with E-state index in [0.717, 1.165) is 32.1 Å². The van der Waals surface area contributed by atoms with Crippen molar-refractivity contribution < 1.29 is 28.6 Å². The number of anilines is 1. The number of esters is 1. The summed E-state index contributed by atoms with van der Waals surface area (Å²) in [5.74, 6) is -0.396. The molecule has 1 aromatic rings. The molecule has 1 fully saturated rings. The molecule has 1 amide bonds. The Morgan fingerprint density at radius 3 is 2.14 bits per heavy atom. The molecule has 1 saturated carbocycles. The summed E-state index contributed by atoms with van der Waals surface area (Å²) in [4.78, 5) is 37.5. The number of Topliss-reactive ketones (excluding diaryl/α,β-unsaturated/α-hetero) is 1. The molecule has 1 N–H and O–H groups in total. The van der Waals surface area contributed by atoms with Crippen LogP contribution in [0.5, 0.6) is 11.5 Å². The maximum atomic E-state index is 12.7. The van der Waals surface area contributed by atoms with Crippen molar-refractivity contribution in [3.8, 4) is 11.5 Å². The van der Waals surface area contributed by atoms with Crippen molar-refractivity contribution in [3.05, 3.63) is 17.7 Å². The third kappa shape index (κ3) is 5.95. The Labute approximate surface area is 172 Å². The number of carbonyl (C=O) groups excluding carboxylic acids is 3. The number of nitrogens with one attached hydrogen (secondary N) is 1. The maximum absolute atomic E-state index is 12.7. The summed E-state index contributed by atoms with van der Waals surface area (Å²) in [5.41, 5.74) is -0.212. The van der Waals surface area contributed by atoms with E-state index in [4.69, 9.17) is 14.2 Å². The van der Waals surface area contributed by atoms with Gasteiger partial charge in [0, 0.05) is 23.5 Å². The number of carbonyl (C=O) groups is 3. The van der Waals surface area contributed by atoms with E-state index in [9.17, 15) is 14.4 Å². The summed E-state index contributed by atoms with van der Waals surface area (Å²) in [7, 11) is 2.93. The highest BCUT2D eigenvalue weighted by molar-refractivity contribution is 6.03. The minimum Gasteiger partial charge on any atom is -0.493 e. The van der Waals surface area contributed by atoms with E-state index in [1.807, 2.05) is 0 Å². The fraction of sp³-hybridized carbons (Fsp3) is 0.591. The number of hydrogen-bond acceptors (Lipinski definition) is 6. The number of benzene rings is 1. The van der Waals surface area contributed by atoms with E-state index in [0.29, 0.717) is 11.5 Å². The van der Waals surface area contributed by atoms with Crippen LogP contribution < -0.4 is 14.8 Å². The number of methoxy groups -OCH3 is 2. The summed E-state index contributed by atoms with van der Waals surface area (Å²) >= 11 is 0. The molecule has 7 heteroatoms. The van der Waals surface area contributed by atoms with Gasteiger partial charge >= 0.3 is 5.97 Å². The lowest BCUT2D eigenvalue weighted by Crippen LogP contribution is -2.28. The maximum Gasteiger partial charge on any atom is 0.340 e. The van der Waals surface area contributed by atoms with Gasteiger partial charge in [0.15, 0.2) is 23.9 Å². The normalized spacial score (nSPS) is 14.8. The molecule has 0 aliphatic heterocycles. The third-order valence-corrected chi connectivity index (χ3v) is 5.15. The van der Waals surface area contributed by atoms with Gasteiger partial charge in [-0.2, -0.15) is 0 Å². The zero-order valence-corrected chi connectivity index (χ0v) is 17.9. The van der Waals surface area contributed by atoms with E-state index >= 15 is 0 Å². The predicted molar refractivity (Wildman–Crippen MR) is 109 cm³/mol. The van der Waals surface area contributed by atoms with Gasteiger partial charge in [-0.25, -0.2) is 4.79 Å². The summed E-state index contributed by atoms with van der Waals surface area (Å²) in [6.07, 6.45) is 4.85. The van der Waals surface area contributed by atoms with Crippen LogP contribution >= 0.6 is 0 Å². The Kier molecular flexibility index (Phi) is 7.65. The second-order valence-electron chi connectivity index (χ2n) is 8.33. The van der Waals surface area contributed by atoms with Crippen LogP contribution in [0.4, 0.5) is 5.69 Å². The Balaban J connectivity index is 2.26. The lowest BCUT2D eigenvalue weighted by Gasteiger charge is -2.22. The van der Waals surface area contributed by atoms with Gasteiger partial charge in [-0.05, 0) is 12.8 Å². The van der Waals surface area contributed by atoms with Crippen LogP contribution in [0, 0.1) is 11.3 Å². The lowest BCUT2D eigenvalue weighted by atomic mass is 9.88. The van der Waals surface area contributed by atoms with Crippen molar-refractivity contribution in [1.29, 1.82) is 0 Å². The van der Waals surface area contributed by atoms with Crippen LogP contribution in [-0.2, 0) is 14.3 Å². The Morgan fingerprint density at radius 1 is 1.00 bits per heavy atom. The first-order valence-electron chi connectivity index (χ1n) is 9.94. The summed E-state index contributed by atoms with van der Waals surface area (Å²) < 4.78 is 15.8. The van der Waals surface area contributed by atoms with Gasteiger partial charge < -0.3 is 19.5 Å². The van der Waals surface area contributed by atoms with Crippen molar-refractivity contribution in [3.63, 3.8) is 0 Å². The third-order valence-electron chi connectivity index (χ3n) is 5.15. The largest absolute Gasteiger partial charge is 0.493 e. The van der Waals surface area contributed by atoms with E-state index in [2.05, 4.69) is 5.32 Å². The zero-order valence-electron chi connectivity index (χ0n) is 17.9. The van der Waals surface area contributed by atoms with Crippen LogP contribution in [0.1, 0.15) is 63.2 Å². The highest BCUT2D eigenvalue weighted by Crippen LogP contribution is 2.35. The van der Waals surface area contributed by atoms with Crippen molar-refractivity contribution in [1.82, 2.24) is 0 Å². The lowest BCUT2D eigenvalue weighted by molar-refractivity contribution is -0.129. The molecule has 1 aliphatic carbocycles. The number of ether oxygens (including phenoxy) is 3. The fourth-order valence-electron chi connectivity index (χ4n) is 3.18. The molecule has 1 aromatic carbocycles. The van der Waals surface area contributed by atoms with Gasteiger partial charge in [0.2, 0.25) is 5.91 Å². The molecule has 0 heterocycles. The van der Waals surface area contributed by atoms with E-state index < -0.39 is 11.4 Å². The van der Waals surface area contributed by atoms with Crippen molar-refractivity contribution in [2.75, 3.05) is 26.1 Å². The number of ketones is 1. The first-order valence-corrected chi connectivity index (χ1v) is 9.94. The molecule has 160 valence electrons. The van der Waals surface area contributed by atoms with E-state index in [1.54, 1.807) is 26.8 Å². The standard InChI is InChI=1S/C22H31NO6/c1-22(2,3)19(24)13-29-21(26)15-11-17(27-4)18(28-5)12-16(15)23-20(25)14-9-7-6-8-10-14/h11-12,14H,6-10,13H2,1-5H3,(H,23,25). The molecule has 0 unspecified atom stereocenters. The molecule has 1 aliphatic rings. The second-order valence-corrected chi connectivity index (χ2v) is 8.33. The fourth-order valence-corrected chi connectivity index (χ4v) is 3.18.